The van der Waals surface area contributed by atoms with Crippen LogP contribution in [0.1, 0.15) is 65.7 Å². The van der Waals surface area contributed by atoms with Crippen molar-refractivity contribution in [1.82, 2.24) is 25.1 Å². The van der Waals surface area contributed by atoms with Crippen LogP contribution in [0.2, 0.25) is 0 Å². The second-order valence-electron chi connectivity index (χ2n) is 12.3. The number of para-hydroxylation sites is 1. The van der Waals surface area contributed by atoms with Gasteiger partial charge in [0.2, 0.25) is 0 Å². The molecule has 1 fully saturated rings. The number of rotatable bonds is 10. The third-order valence-corrected chi connectivity index (χ3v) is 10.9. The van der Waals surface area contributed by atoms with Crippen LogP contribution in [0.3, 0.4) is 0 Å². The highest BCUT2D eigenvalue weighted by Gasteiger charge is 2.28. The van der Waals surface area contributed by atoms with Gasteiger partial charge in [0.25, 0.3) is 0 Å². The topological polar surface area (TPSA) is 120 Å². The lowest BCUT2D eigenvalue weighted by atomic mass is 10.0. The van der Waals surface area contributed by atoms with E-state index in [1.165, 1.54) is 36.7 Å². The molecular weight excluding hydrogens is 662 g/mol. The molecular formula is C36H38FN7O3S2. The molecule has 1 saturated heterocycles. The smallest absolute Gasteiger partial charge is 0.197 e. The number of likely N-dealkylation sites (tertiary alicyclic amines) is 1. The maximum Gasteiger partial charge on any atom is 0.197 e. The lowest BCUT2D eigenvalue weighted by molar-refractivity contribution is -0.0459. The Kier molecular flexibility index (Phi) is 10.3. The molecule has 49 heavy (non-hydrogen) atoms. The van der Waals surface area contributed by atoms with Crippen molar-refractivity contribution >= 4 is 54.8 Å². The van der Waals surface area contributed by atoms with Crippen LogP contribution < -0.4 is 15.0 Å². The van der Waals surface area contributed by atoms with E-state index < -0.39 is 12.1 Å². The van der Waals surface area contributed by atoms with Crippen LogP contribution in [0, 0.1) is 24.6 Å². The molecule has 0 spiro atoms. The van der Waals surface area contributed by atoms with E-state index in [9.17, 15) is 14.6 Å². The van der Waals surface area contributed by atoms with Gasteiger partial charge in [0.1, 0.15) is 5.69 Å². The summed E-state index contributed by atoms with van der Waals surface area (Å²) in [4.78, 5) is 14.4. The Labute approximate surface area is 292 Å². The fraction of sp³-hybridized carbons (Fsp3) is 0.389. The van der Waals surface area contributed by atoms with Crippen LogP contribution in [-0.2, 0) is 12.8 Å². The second-order valence-corrected chi connectivity index (χ2v) is 14.3. The molecule has 0 aliphatic carbocycles. The van der Waals surface area contributed by atoms with Crippen molar-refractivity contribution in [2.24, 2.45) is 0 Å². The normalized spacial score (nSPS) is 14.9. The molecule has 0 bridgehead atoms. The minimum Gasteiger partial charge on any atom is -0.491 e. The standard InChI is InChI=1S/C36H38FN7O3S2/c1-23-25-11-8-20-44(33(25)42-41-32(23)40-35-38-27-12-3-4-13-29(27)48-35)36-39-31(34(45)46)30(49-36)14-9-21-47-28-16-15-24(22-26(28)37)10-7-19-43-17-5-2-6-18-43/h3-4,12-13,15-16,22,34,45-46H,2,5-6,8-9,11,14,17-21H2,1H3,(H,38,40,41). The number of benzene rings is 2. The molecule has 10 nitrogen and oxygen atoms in total. The number of halogens is 1. The molecule has 0 unspecified atom stereocenters. The molecule has 0 radical (unpaired) electrons. The number of aryl methyl sites for hydroxylation is 1. The largest absolute Gasteiger partial charge is 0.491 e. The Balaban J connectivity index is 0.989. The number of nitrogens with zero attached hydrogens (tertiary/aromatic N) is 6. The summed E-state index contributed by atoms with van der Waals surface area (Å²) in [7, 11) is 0. The molecule has 254 valence electrons. The first kappa shape index (κ1) is 33.3. The number of hydrogen-bond acceptors (Lipinski definition) is 12. The first-order chi connectivity index (χ1) is 23.9. The van der Waals surface area contributed by atoms with E-state index in [0.717, 1.165) is 63.1 Å². The average molecular weight is 700 g/mol. The summed E-state index contributed by atoms with van der Waals surface area (Å²) in [6, 6.07) is 12.8. The molecule has 3 N–H and O–H groups in total. The van der Waals surface area contributed by atoms with Gasteiger partial charge in [-0.05, 0) is 88.9 Å². The SMILES string of the molecule is Cc1c(Nc2nc3ccccc3s2)nnc2c1CCCN2c1nc(C(O)O)c(CCCOc2ccc(C#CCN3CCCCC3)cc2F)s1. The number of thiazole rings is 2. The number of aliphatic hydroxyl groups excluding tert-OH is 1. The van der Waals surface area contributed by atoms with Gasteiger partial charge in [-0.15, -0.1) is 21.5 Å². The highest BCUT2D eigenvalue weighted by molar-refractivity contribution is 7.22. The van der Waals surface area contributed by atoms with Crippen LogP contribution in [0.4, 0.5) is 26.3 Å². The van der Waals surface area contributed by atoms with Gasteiger partial charge in [0.15, 0.2) is 39.8 Å². The lowest BCUT2D eigenvalue weighted by Crippen LogP contribution is -2.29. The van der Waals surface area contributed by atoms with Crippen LogP contribution in [0.5, 0.6) is 5.75 Å². The zero-order valence-electron chi connectivity index (χ0n) is 27.3. The van der Waals surface area contributed by atoms with Gasteiger partial charge in [-0.3, -0.25) is 4.90 Å². The molecule has 7 rings (SSSR count). The second kappa shape index (κ2) is 15.1. The molecule has 0 atom stereocenters. The van der Waals surface area contributed by atoms with Gasteiger partial charge in [-0.25, -0.2) is 14.4 Å². The van der Waals surface area contributed by atoms with E-state index in [4.69, 9.17) is 4.74 Å². The van der Waals surface area contributed by atoms with Gasteiger partial charge < -0.3 is 25.2 Å². The third-order valence-electron chi connectivity index (χ3n) is 8.82. The maximum atomic E-state index is 14.8. The van der Waals surface area contributed by atoms with Crippen molar-refractivity contribution in [1.29, 1.82) is 0 Å². The number of aliphatic hydroxyl groups is 2. The molecule has 3 aromatic heterocycles. The zero-order chi connectivity index (χ0) is 33.7. The van der Waals surface area contributed by atoms with Crippen molar-refractivity contribution in [2.45, 2.75) is 58.2 Å². The van der Waals surface area contributed by atoms with E-state index >= 15 is 0 Å². The first-order valence-corrected chi connectivity index (χ1v) is 18.3. The number of ether oxygens (including phenoxy) is 1. The van der Waals surface area contributed by atoms with Gasteiger partial charge in [0.05, 0.1) is 23.4 Å². The summed E-state index contributed by atoms with van der Waals surface area (Å²) in [6.07, 6.45) is 4.73. The van der Waals surface area contributed by atoms with Crippen LogP contribution in [0.25, 0.3) is 10.2 Å². The highest BCUT2D eigenvalue weighted by atomic mass is 32.1. The van der Waals surface area contributed by atoms with E-state index in [-0.39, 0.29) is 18.1 Å². The lowest BCUT2D eigenvalue weighted by Gasteiger charge is -2.28. The van der Waals surface area contributed by atoms with E-state index in [1.807, 2.05) is 36.1 Å². The minimum absolute atomic E-state index is 0.171. The van der Waals surface area contributed by atoms with Gasteiger partial charge in [-0.1, -0.05) is 41.7 Å². The van der Waals surface area contributed by atoms with E-state index in [1.54, 1.807) is 23.5 Å². The summed E-state index contributed by atoms with van der Waals surface area (Å²) in [6.45, 7) is 5.81. The number of fused-ring (bicyclic) bond motifs is 2. The van der Waals surface area contributed by atoms with Gasteiger partial charge in [-0.2, -0.15) is 0 Å². The Morgan fingerprint density at radius 1 is 1.02 bits per heavy atom. The number of aromatic nitrogens is 4. The van der Waals surface area contributed by atoms with Crippen molar-refractivity contribution < 1.29 is 19.3 Å². The molecule has 5 aromatic rings. The summed E-state index contributed by atoms with van der Waals surface area (Å²) >= 11 is 2.96. The number of piperidine rings is 1. The Bertz CT molecular complexity index is 1960. The van der Waals surface area contributed by atoms with Crippen molar-refractivity contribution in [3.8, 4) is 17.6 Å². The fourth-order valence-electron chi connectivity index (χ4n) is 6.24. The fourth-order valence-corrected chi connectivity index (χ4v) is 8.26. The van der Waals surface area contributed by atoms with E-state index in [2.05, 4.69) is 42.2 Å². The average Bonchev–Trinajstić information content (AvgIpc) is 3.73. The Morgan fingerprint density at radius 3 is 2.69 bits per heavy atom. The Hall–Kier alpha value is -4.19. The van der Waals surface area contributed by atoms with Crippen molar-refractivity contribution in [3.05, 3.63) is 75.5 Å². The number of hydrogen-bond donors (Lipinski definition) is 3. The van der Waals surface area contributed by atoms with Crippen LogP contribution in [-0.4, -0.2) is 68.1 Å². The molecule has 2 aromatic carbocycles. The number of anilines is 4. The van der Waals surface area contributed by atoms with Gasteiger partial charge >= 0.3 is 0 Å². The predicted octanol–water partition coefficient (Wildman–Crippen LogP) is 6.65. The summed E-state index contributed by atoms with van der Waals surface area (Å²) in [5, 5.41) is 34.2. The van der Waals surface area contributed by atoms with Crippen LogP contribution >= 0.6 is 22.7 Å². The Morgan fingerprint density at radius 2 is 1.88 bits per heavy atom. The third kappa shape index (κ3) is 7.69. The summed E-state index contributed by atoms with van der Waals surface area (Å²) < 4.78 is 21.6. The molecule has 0 amide bonds. The molecule has 0 saturated carbocycles. The number of nitrogens with one attached hydrogen (secondary N) is 1. The highest BCUT2D eigenvalue weighted by Crippen LogP contribution is 2.40. The predicted molar refractivity (Wildman–Crippen MR) is 192 cm³/mol. The maximum absolute atomic E-state index is 14.8. The zero-order valence-corrected chi connectivity index (χ0v) is 28.9. The van der Waals surface area contributed by atoms with Gasteiger partial charge in [0, 0.05) is 28.1 Å². The van der Waals surface area contributed by atoms with Crippen LogP contribution in [0.15, 0.2) is 42.5 Å². The molecule has 2 aliphatic heterocycles. The van der Waals surface area contributed by atoms with E-state index in [0.29, 0.717) is 42.4 Å². The van der Waals surface area contributed by atoms with Crippen molar-refractivity contribution in [2.75, 3.05) is 43.0 Å². The minimum atomic E-state index is -1.72. The molecule has 13 heteroatoms. The summed E-state index contributed by atoms with van der Waals surface area (Å²) in [5.41, 5.74) is 3.84. The molecule has 2 aliphatic rings. The quantitative estimate of drug-likeness (QED) is 0.0831. The summed E-state index contributed by atoms with van der Waals surface area (Å²) in [5.74, 6) is 7.33. The first-order valence-electron chi connectivity index (χ1n) is 16.7. The molecule has 5 heterocycles. The monoisotopic (exact) mass is 699 g/mol. The van der Waals surface area contributed by atoms with Crippen molar-refractivity contribution in [3.63, 3.8) is 0 Å².